The first-order valence-corrected chi connectivity index (χ1v) is 9.72. The first-order valence-electron chi connectivity index (χ1n) is 9.72. The molecule has 0 amide bonds. The molecule has 2 fully saturated rings. The van der Waals surface area contributed by atoms with E-state index in [0.717, 1.165) is 24.2 Å². The molecule has 0 unspecified atom stereocenters. The third-order valence-corrected chi connectivity index (χ3v) is 5.60. The van der Waals surface area contributed by atoms with Crippen LogP contribution in [0.3, 0.4) is 0 Å². The molecule has 146 valence electrons. The number of nitrogens with zero attached hydrogens (tertiary/aromatic N) is 2. The molecule has 0 N–H and O–H groups in total. The Kier molecular flexibility index (Phi) is 6.22. The summed E-state index contributed by atoms with van der Waals surface area (Å²) < 4.78 is 16.6. The Balaban J connectivity index is 1.72. The lowest BCUT2D eigenvalue weighted by atomic mass is 9.81. The van der Waals surface area contributed by atoms with Crippen LogP contribution in [0.25, 0.3) is 4.85 Å². The maximum Gasteiger partial charge on any atom is 0.320 e. The highest BCUT2D eigenvalue weighted by Gasteiger charge is 2.43. The molecule has 1 heterocycles. The van der Waals surface area contributed by atoms with Gasteiger partial charge in [-0.3, -0.25) is 9.69 Å². The number of esters is 1. The molecule has 6 nitrogen and oxygen atoms in total. The van der Waals surface area contributed by atoms with Crippen LogP contribution < -0.4 is 9.47 Å². The summed E-state index contributed by atoms with van der Waals surface area (Å²) in [6, 6.07) is 5.86. The number of methoxy groups -OCH3 is 1. The molecule has 0 aromatic heterocycles. The largest absolute Gasteiger partial charge is 0.493 e. The smallest absolute Gasteiger partial charge is 0.320 e. The van der Waals surface area contributed by atoms with Crippen LogP contribution in [-0.2, 0) is 15.1 Å². The molecule has 1 saturated heterocycles. The molecule has 3 rings (SSSR count). The van der Waals surface area contributed by atoms with E-state index in [1.807, 2.05) is 25.1 Å². The van der Waals surface area contributed by atoms with E-state index in [9.17, 15) is 4.79 Å². The molecule has 1 aliphatic heterocycles. The van der Waals surface area contributed by atoms with Crippen LogP contribution in [0.1, 0.15) is 44.6 Å². The Morgan fingerprint density at radius 3 is 2.59 bits per heavy atom. The highest BCUT2D eigenvalue weighted by Crippen LogP contribution is 2.41. The van der Waals surface area contributed by atoms with E-state index in [1.54, 1.807) is 7.11 Å². The van der Waals surface area contributed by atoms with Crippen molar-refractivity contribution >= 4 is 5.97 Å². The topological polar surface area (TPSA) is 52.4 Å². The molecule has 0 atom stereocenters. The van der Waals surface area contributed by atoms with Crippen LogP contribution in [0.2, 0.25) is 0 Å². The lowest BCUT2D eigenvalue weighted by Gasteiger charge is -2.34. The number of rotatable bonds is 7. The van der Waals surface area contributed by atoms with Crippen LogP contribution in [0.15, 0.2) is 18.2 Å². The van der Waals surface area contributed by atoms with Crippen LogP contribution in [0.5, 0.6) is 11.5 Å². The highest BCUT2D eigenvalue weighted by atomic mass is 16.5. The van der Waals surface area contributed by atoms with Crippen molar-refractivity contribution in [2.45, 2.75) is 50.7 Å². The molecule has 0 bridgehead atoms. The van der Waals surface area contributed by atoms with Crippen molar-refractivity contribution in [3.05, 3.63) is 35.2 Å². The van der Waals surface area contributed by atoms with Gasteiger partial charge in [-0.25, -0.2) is 6.57 Å². The van der Waals surface area contributed by atoms with Gasteiger partial charge in [-0.05, 0) is 44.4 Å². The number of benzene rings is 1. The van der Waals surface area contributed by atoms with Gasteiger partial charge < -0.3 is 19.1 Å². The average molecular weight is 372 g/mol. The van der Waals surface area contributed by atoms with Crippen molar-refractivity contribution in [2.75, 3.05) is 33.4 Å². The number of carbonyl (C=O) groups excluding carboxylic acids is 1. The van der Waals surface area contributed by atoms with E-state index in [-0.39, 0.29) is 12.1 Å². The second-order valence-electron chi connectivity index (χ2n) is 7.26. The molecule has 27 heavy (non-hydrogen) atoms. The molecule has 1 aromatic rings. The number of piperidine rings is 1. The van der Waals surface area contributed by atoms with Gasteiger partial charge in [0.25, 0.3) is 5.54 Å². The lowest BCUT2D eigenvalue weighted by Crippen LogP contribution is -2.43. The van der Waals surface area contributed by atoms with Gasteiger partial charge in [0.05, 0.1) is 26.4 Å². The minimum absolute atomic E-state index is 0.201. The van der Waals surface area contributed by atoms with Crippen molar-refractivity contribution in [3.8, 4) is 11.5 Å². The molecule has 1 aromatic carbocycles. The van der Waals surface area contributed by atoms with Crippen LogP contribution in [-0.4, -0.2) is 50.3 Å². The van der Waals surface area contributed by atoms with Gasteiger partial charge in [0.2, 0.25) is 0 Å². The van der Waals surface area contributed by atoms with Crippen LogP contribution in [0.4, 0.5) is 0 Å². The van der Waals surface area contributed by atoms with Crippen molar-refractivity contribution in [2.24, 2.45) is 0 Å². The maximum absolute atomic E-state index is 11.7. The minimum atomic E-state index is -0.574. The van der Waals surface area contributed by atoms with E-state index in [2.05, 4.69) is 9.74 Å². The van der Waals surface area contributed by atoms with Crippen LogP contribution in [0, 0.1) is 6.57 Å². The van der Waals surface area contributed by atoms with Gasteiger partial charge in [-0.15, -0.1) is 0 Å². The predicted octanol–water partition coefficient (Wildman–Crippen LogP) is 3.40. The third kappa shape index (κ3) is 4.36. The zero-order valence-electron chi connectivity index (χ0n) is 16.2. The lowest BCUT2D eigenvalue weighted by molar-refractivity contribution is -0.144. The third-order valence-electron chi connectivity index (χ3n) is 5.60. The quantitative estimate of drug-likeness (QED) is 0.542. The number of hydrogen-bond acceptors (Lipinski definition) is 5. The summed E-state index contributed by atoms with van der Waals surface area (Å²) in [6.07, 6.45) is 4.98. The Morgan fingerprint density at radius 1 is 1.30 bits per heavy atom. The number of carbonyl (C=O) groups is 1. The molecule has 0 spiro atoms. The summed E-state index contributed by atoms with van der Waals surface area (Å²) in [6.45, 7) is 11.8. The molecular formula is C21H28N2O4. The molecule has 0 radical (unpaired) electrons. The Hall–Kier alpha value is -2.26. The number of ether oxygens (including phenoxy) is 3. The number of hydrogen-bond donors (Lipinski definition) is 0. The van der Waals surface area contributed by atoms with E-state index >= 15 is 0 Å². The summed E-state index contributed by atoms with van der Waals surface area (Å²) in [7, 11) is 1.64. The Labute approximate surface area is 161 Å². The van der Waals surface area contributed by atoms with Crippen molar-refractivity contribution < 1.29 is 19.0 Å². The monoisotopic (exact) mass is 372 g/mol. The normalized spacial score (nSPS) is 19.6. The van der Waals surface area contributed by atoms with Crippen molar-refractivity contribution in [1.82, 2.24) is 4.90 Å². The fraction of sp³-hybridized carbons (Fsp3) is 0.619. The van der Waals surface area contributed by atoms with Crippen molar-refractivity contribution in [1.29, 1.82) is 0 Å². The summed E-state index contributed by atoms with van der Waals surface area (Å²) in [5.41, 5.74) is 0.401. The predicted molar refractivity (Wildman–Crippen MR) is 102 cm³/mol. The van der Waals surface area contributed by atoms with Gasteiger partial charge in [0, 0.05) is 31.5 Å². The maximum atomic E-state index is 11.7. The van der Waals surface area contributed by atoms with E-state index < -0.39 is 5.54 Å². The van der Waals surface area contributed by atoms with E-state index in [1.165, 1.54) is 6.42 Å². The van der Waals surface area contributed by atoms with Gasteiger partial charge in [-0.2, -0.15) is 0 Å². The second kappa shape index (κ2) is 8.62. The molecule has 6 heteroatoms. The summed E-state index contributed by atoms with van der Waals surface area (Å²) in [5.74, 6) is 1.25. The fourth-order valence-corrected chi connectivity index (χ4v) is 3.66. The number of likely N-dealkylation sites (tertiary alicyclic amines) is 1. The summed E-state index contributed by atoms with van der Waals surface area (Å²) in [4.78, 5) is 17.8. The standard InChI is InChI=1S/C21H28N2O4/c1-4-26-20(24)15-23-12-10-21(22-2,11-13-23)16-8-9-18(25-3)19(14-16)27-17-6-5-7-17/h8-9,14,17H,4-7,10-13,15H2,1,3H3. The zero-order valence-corrected chi connectivity index (χ0v) is 16.2. The van der Waals surface area contributed by atoms with E-state index in [0.29, 0.717) is 44.8 Å². The van der Waals surface area contributed by atoms with Gasteiger partial charge in [-0.1, -0.05) is 0 Å². The Bertz CT molecular complexity index is 701. The minimum Gasteiger partial charge on any atom is -0.493 e. The first kappa shape index (κ1) is 19.5. The van der Waals surface area contributed by atoms with Crippen LogP contribution >= 0.6 is 0 Å². The molecule has 1 aliphatic carbocycles. The SMILES string of the molecule is [C-]#[N+]C1(c2ccc(OC)c(OC3CCC3)c2)CCN(CC(=O)OCC)CC1. The summed E-state index contributed by atoms with van der Waals surface area (Å²) >= 11 is 0. The summed E-state index contributed by atoms with van der Waals surface area (Å²) in [5, 5.41) is 0. The second-order valence-corrected chi connectivity index (χ2v) is 7.26. The van der Waals surface area contributed by atoms with Crippen molar-refractivity contribution in [3.63, 3.8) is 0 Å². The Morgan fingerprint density at radius 2 is 2.04 bits per heavy atom. The first-order chi connectivity index (χ1) is 13.1. The average Bonchev–Trinajstić information content (AvgIpc) is 2.65. The highest BCUT2D eigenvalue weighted by molar-refractivity contribution is 5.71. The van der Waals surface area contributed by atoms with Gasteiger partial charge in [0.1, 0.15) is 0 Å². The van der Waals surface area contributed by atoms with Gasteiger partial charge in [0.15, 0.2) is 11.5 Å². The molecule has 2 aliphatic rings. The molecular weight excluding hydrogens is 344 g/mol. The zero-order chi connectivity index (χ0) is 19.3. The van der Waals surface area contributed by atoms with Gasteiger partial charge >= 0.3 is 5.97 Å². The molecule has 1 saturated carbocycles. The fourth-order valence-electron chi connectivity index (χ4n) is 3.66. The van der Waals surface area contributed by atoms with E-state index in [4.69, 9.17) is 20.8 Å².